The van der Waals surface area contributed by atoms with Crippen molar-refractivity contribution < 1.29 is 31.9 Å². The van der Waals surface area contributed by atoms with Gasteiger partial charge in [-0.2, -0.15) is 13.2 Å². The Morgan fingerprint density at radius 2 is 1.57 bits per heavy atom. The van der Waals surface area contributed by atoms with Crippen LogP contribution in [0.3, 0.4) is 0 Å². The maximum absolute atomic E-state index is 13.7. The van der Waals surface area contributed by atoms with E-state index in [2.05, 4.69) is 16.0 Å². The van der Waals surface area contributed by atoms with Crippen molar-refractivity contribution >= 4 is 51.6 Å². The van der Waals surface area contributed by atoms with E-state index in [1.807, 2.05) is 0 Å². The van der Waals surface area contributed by atoms with Gasteiger partial charge < -0.3 is 20.5 Å². The lowest BCUT2D eigenvalue weighted by atomic mass is 10.1. The van der Waals surface area contributed by atoms with Gasteiger partial charge in [0.15, 0.2) is 0 Å². The van der Waals surface area contributed by atoms with Crippen molar-refractivity contribution in [2.45, 2.75) is 40.0 Å². The zero-order valence-electron chi connectivity index (χ0n) is 22.8. The minimum Gasteiger partial charge on any atom is -0.352 e. The van der Waals surface area contributed by atoms with Crippen LogP contribution >= 0.6 is 11.6 Å². The Balaban J connectivity index is 1.55. The average molecular weight is 603 g/mol. The van der Waals surface area contributed by atoms with E-state index in [1.54, 1.807) is 67.8 Å². The topological polar surface area (TPSA) is 92.2 Å². The summed E-state index contributed by atoms with van der Waals surface area (Å²) in [6.45, 7) is 5.94. The molecule has 220 valence electrons. The fraction of sp³-hybridized carbons (Fsp3) is 0.233. The van der Waals surface area contributed by atoms with Crippen LogP contribution < -0.4 is 16.0 Å². The molecule has 4 rings (SSSR count). The summed E-state index contributed by atoms with van der Waals surface area (Å²) in [4.78, 5) is 38.0. The number of carbonyl (C=O) groups is 3. The summed E-state index contributed by atoms with van der Waals surface area (Å²) in [5.74, 6) is -2.93. The first-order valence-electron chi connectivity index (χ1n) is 13.0. The molecular weight excluding hydrogens is 576 g/mol. The number of fused-ring (bicyclic) bond motifs is 1. The summed E-state index contributed by atoms with van der Waals surface area (Å²) in [5.41, 5.74) is 0.422. The molecule has 0 bridgehead atoms. The summed E-state index contributed by atoms with van der Waals surface area (Å²) in [6.07, 6.45) is -4.92. The summed E-state index contributed by atoms with van der Waals surface area (Å²) in [7, 11) is 0. The quantitative estimate of drug-likeness (QED) is 0.186. The zero-order chi connectivity index (χ0) is 30.8. The lowest BCUT2D eigenvalue weighted by Crippen LogP contribution is -2.27. The first-order chi connectivity index (χ1) is 19.8. The standard InChI is InChI=1S/C30H27ClF4N4O3/c1-4-39-25-10-7-19(37-28(41)21-11-17(5-8-23(21)31)15-36-27(40)16(2)3)12-18(25)13-26(39)29(42)38-20-6-9-24(32)22(14-20)30(33,34)35/h5-14,16H,4,15H2,1-3H3,(H,36,40)(H,37,41)(H,38,42). The van der Waals surface area contributed by atoms with E-state index in [4.69, 9.17) is 11.6 Å². The third-order valence-corrected chi connectivity index (χ3v) is 6.83. The number of aromatic nitrogens is 1. The van der Waals surface area contributed by atoms with E-state index in [0.717, 1.165) is 6.07 Å². The van der Waals surface area contributed by atoms with Crippen molar-refractivity contribution in [3.63, 3.8) is 0 Å². The minimum atomic E-state index is -4.92. The van der Waals surface area contributed by atoms with Crippen LogP contribution in [-0.2, 0) is 24.1 Å². The summed E-state index contributed by atoms with van der Waals surface area (Å²) >= 11 is 6.27. The van der Waals surface area contributed by atoms with Crippen molar-refractivity contribution in [2.24, 2.45) is 5.92 Å². The fourth-order valence-corrected chi connectivity index (χ4v) is 4.54. The number of amides is 3. The Labute approximate surface area is 243 Å². The maximum Gasteiger partial charge on any atom is 0.419 e. The number of nitrogens with zero attached hydrogens (tertiary/aromatic N) is 1. The van der Waals surface area contributed by atoms with Crippen molar-refractivity contribution in [1.29, 1.82) is 0 Å². The molecule has 0 aliphatic heterocycles. The predicted octanol–water partition coefficient (Wildman–Crippen LogP) is 7.25. The molecule has 3 N–H and O–H groups in total. The Morgan fingerprint density at radius 1 is 0.905 bits per heavy atom. The molecule has 0 saturated carbocycles. The van der Waals surface area contributed by atoms with E-state index in [0.29, 0.717) is 40.8 Å². The highest BCUT2D eigenvalue weighted by atomic mass is 35.5. The number of halogens is 5. The van der Waals surface area contributed by atoms with Gasteiger partial charge in [0, 0.05) is 41.3 Å². The molecule has 0 unspecified atom stereocenters. The van der Waals surface area contributed by atoms with E-state index in [9.17, 15) is 31.9 Å². The Bertz CT molecular complexity index is 1680. The second-order valence-electron chi connectivity index (χ2n) is 9.83. The normalized spacial score (nSPS) is 11.5. The number of rotatable bonds is 8. The molecule has 4 aromatic rings. The molecule has 12 heteroatoms. The van der Waals surface area contributed by atoms with E-state index in [-0.39, 0.29) is 40.3 Å². The number of nitrogens with one attached hydrogen (secondary N) is 3. The third-order valence-electron chi connectivity index (χ3n) is 6.50. The van der Waals surface area contributed by atoms with Crippen molar-refractivity contribution in [3.8, 4) is 0 Å². The Hall–Kier alpha value is -4.38. The van der Waals surface area contributed by atoms with Crippen LogP contribution in [0, 0.1) is 11.7 Å². The molecule has 3 amide bonds. The summed E-state index contributed by atoms with van der Waals surface area (Å²) in [5, 5.41) is 8.78. The molecule has 7 nitrogen and oxygen atoms in total. The SMILES string of the molecule is CCn1c(C(=O)Nc2ccc(F)c(C(F)(F)F)c2)cc2cc(NC(=O)c3cc(CNC(=O)C(C)C)ccc3Cl)ccc21. The molecule has 1 aromatic heterocycles. The van der Waals surface area contributed by atoms with Gasteiger partial charge in [0.25, 0.3) is 11.8 Å². The first-order valence-corrected chi connectivity index (χ1v) is 13.3. The minimum absolute atomic E-state index is 0.125. The number of benzene rings is 3. The number of hydrogen-bond donors (Lipinski definition) is 3. The van der Waals surface area contributed by atoms with Crippen LogP contribution in [0.4, 0.5) is 28.9 Å². The smallest absolute Gasteiger partial charge is 0.352 e. The zero-order valence-corrected chi connectivity index (χ0v) is 23.6. The molecular formula is C30H27ClF4N4O3. The van der Waals surface area contributed by atoms with Gasteiger partial charge in [0.05, 0.1) is 16.1 Å². The molecule has 0 aliphatic rings. The number of anilines is 2. The highest BCUT2D eigenvalue weighted by Crippen LogP contribution is 2.33. The lowest BCUT2D eigenvalue weighted by Gasteiger charge is -2.12. The number of carbonyl (C=O) groups excluding carboxylic acids is 3. The molecule has 0 saturated heterocycles. The lowest BCUT2D eigenvalue weighted by molar-refractivity contribution is -0.140. The van der Waals surface area contributed by atoms with Crippen molar-refractivity contribution in [2.75, 3.05) is 10.6 Å². The predicted molar refractivity (Wildman–Crippen MR) is 153 cm³/mol. The van der Waals surface area contributed by atoms with Gasteiger partial charge in [0.2, 0.25) is 5.91 Å². The second kappa shape index (κ2) is 12.2. The van der Waals surface area contributed by atoms with E-state index >= 15 is 0 Å². The van der Waals surface area contributed by atoms with Gasteiger partial charge in [0.1, 0.15) is 11.5 Å². The number of hydrogen-bond acceptors (Lipinski definition) is 3. The van der Waals surface area contributed by atoms with Crippen LogP contribution in [0.1, 0.15) is 52.7 Å². The van der Waals surface area contributed by atoms with E-state index in [1.165, 1.54) is 0 Å². The molecule has 0 spiro atoms. The monoisotopic (exact) mass is 602 g/mol. The van der Waals surface area contributed by atoms with Gasteiger partial charge in [-0.3, -0.25) is 14.4 Å². The Kier molecular flexibility index (Phi) is 8.91. The molecule has 0 aliphatic carbocycles. The van der Waals surface area contributed by atoms with Gasteiger partial charge in [-0.15, -0.1) is 0 Å². The van der Waals surface area contributed by atoms with Gasteiger partial charge in [-0.1, -0.05) is 31.5 Å². The molecule has 0 atom stereocenters. The summed E-state index contributed by atoms with van der Waals surface area (Å²) in [6, 6.07) is 13.6. The molecule has 0 fully saturated rings. The van der Waals surface area contributed by atoms with Crippen LogP contribution in [0.25, 0.3) is 10.9 Å². The first kappa shape index (κ1) is 30.6. The highest BCUT2D eigenvalue weighted by Gasteiger charge is 2.34. The van der Waals surface area contributed by atoms with Gasteiger partial charge in [-0.05, 0) is 67.1 Å². The van der Waals surface area contributed by atoms with Crippen molar-refractivity contribution in [3.05, 3.63) is 93.9 Å². The summed E-state index contributed by atoms with van der Waals surface area (Å²) < 4.78 is 54.6. The molecule has 3 aromatic carbocycles. The van der Waals surface area contributed by atoms with Gasteiger partial charge in [-0.25, -0.2) is 4.39 Å². The highest BCUT2D eigenvalue weighted by molar-refractivity contribution is 6.34. The van der Waals surface area contributed by atoms with E-state index < -0.39 is 29.4 Å². The fourth-order valence-electron chi connectivity index (χ4n) is 4.34. The molecule has 42 heavy (non-hydrogen) atoms. The van der Waals surface area contributed by atoms with Crippen LogP contribution in [0.2, 0.25) is 5.02 Å². The third kappa shape index (κ3) is 6.73. The van der Waals surface area contributed by atoms with Crippen LogP contribution in [0.5, 0.6) is 0 Å². The van der Waals surface area contributed by atoms with Crippen LogP contribution in [-0.4, -0.2) is 22.3 Å². The second-order valence-corrected chi connectivity index (χ2v) is 10.2. The largest absolute Gasteiger partial charge is 0.419 e. The maximum atomic E-state index is 13.7. The van der Waals surface area contributed by atoms with Crippen LogP contribution in [0.15, 0.2) is 60.7 Å². The van der Waals surface area contributed by atoms with Crippen molar-refractivity contribution in [1.82, 2.24) is 9.88 Å². The van der Waals surface area contributed by atoms with Gasteiger partial charge >= 0.3 is 6.18 Å². The number of alkyl halides is 3. The average Bonchev–Trinajstić information content (AvgIpc) is 3.30. The Morgan fingerprint density at radius 3 is 2.24 bits per heavy atom. The molecule has 0 radical (unpaired) electrons. The number of aryl methyl sites for hydroxylation is 1. The molecule has 1 heterocycles.